The molecule has 0 bridgehead atoms. The lowest BCUT2D eigenvalue weighted by atomic mass is 9.85. The molecule has 0 aromatic rings. The topological polar surface area (TPSA) is 49.3 Å². The summed E-state index contributed by atoms with van der Waals surface area (Å²) in [5.74, 6) is 0.756. The Bertz CT molecular complexity index is 162. The Hall–Kier alpha value is -0.570. The molecule has 13 heavy (non-hydrogen) atoms. The van der Waals surface area contributed by atoms with Crippen LogP contribution in [0, 0.1) is 5.92 Å². The second-order valence-electron chi connectivity index (χ2n) is 3.95. The minimum atomic E-state index is -0.0722. The predicted molar refractivity (Wildman–Crippen MR) is 51.3 cm³/mol. The third-order valence-corrected chi connectivity index (χ3v) is 2.74. The number of rotatable bonds is 3. The van der Waals surface area contributed by atoms with Crippen LogP contribution in [0.3, 0.4) is 0 Å². The standard InChI is InChI=1S/C10H19NO2/c1-8(12)11-7-6-9-2-4-10(13)5-3-9/h9-10,13H,2-7H2,1H3,(H,11,12). The molecule has 1 fully saturated rings. The summed E-state index contributed by atoms with van der Waals surface area (Å²) in [6.07, 6.45) is 5.08. The molecule has 0 unspecified atom stereocenters. The second kappa shape index (κ2) is 5.22. The van der Waals surface area contributed by atoms with Crippen molar-refractivity contribution >= 4 is 5.91 Å². The highest BCUT2D eigenvalue weighted by molar-refractivity contribution is 5.72. The zero-order chi connectivity index (χ0) is 9.68. The summed E-state index contributed by atoms with van der Waals surface area (Å²) in [4.78, 5) is 10.6. The molecule has 0 heterocycles. The van der Waals surface area contributed by atoms with E-state index in [2.05, 4.69) is 5.32 Å². The molecule has 0 radical (unpaired) electrons. The number of nitrogens with one attached hydrogen (secondary N) is 1. The van der Waals surface area contributed by atoms with Gasteiger partial charge in [0.15, 0.2) is 0 Å². The largest absolute Gasteiger partial charge is 0.393 e. The molecule has 0 spiro atoms. The molecule has 0 aliphatic heterocycles. The van der Waals surface area contributed by atoms with Gasteiger partial charge in [-0.15, -0.1) is 0 Å². The Morgan fingerprint density at radius 3 is 2.54 bits per heavy atom. The maximum absolute atomic E-state index is 10.6. The molecule has 0 aromatic heterocycles. The van der Waals surface area contributed by atoms with E-state index in [1.807, 2.05) is 0 Å². The molecule has 76 valence electrons. The molecule has 0 saturated heterocycles. The number of amides is 1. The molecular weight excluding hydrogens is 166 g/mol. The fourth-order valence-electron chi connectivity index (χ4n) is 1.89. The molecule has 1 saturated carbocycles. The maximum atomic E-state index is 10.6. The van der Waals surface area contributed by atoms with Crippen molar-refractivity contribution in [3.63, 3.8) is 0 Å². The van der Waals surface area contributed by atoms with Crippen LogP contribution in [0.15, 0.2) is 0 Å². The highest BCUT2D eigenvalue weighted by atomic mass is 16.3. The van der Waals surface area contributed by atoms with Crippen LogP contribution in [-0.2, 0) is 4.79 Å². The van der Waals surface area contributed by atoms with E-state index in [1.165, 1.54) is 0 Å². The van der Waals surface area contributed by atoms with E-state index < -0.39 is 0 Å². The Kier molecular flexibility index (Phi) is 4.22. The third kappa shape index (κ3) is 4.27. The van der Waals surface area contributed by atoms with Crippen molar-refractivity contribution in [2.75, 3.05) is 6.54 Å². The number of hydrogen-bond donors (Lipinski definition) is 2. The molecule has 1 aliphatic rings. The number of aliphatic hydroxyl groups excluding tert-OH is 1. The van der Waals surface area contributed by atoms with E-state index in [4.69, 9.17) is 0 Å². The highest BCUT2D eigenvalue weighted by Gasteiger charge is 2.18. The van der Waals surface area contributed by atoms with Crippen molar-refractivity contribution in [2.45, 2.75) is 45.1 Å². The van der Waals surface area contributed by atoms with Gasteiger partial charge in [0.2, 0.25) is 5.91 Å². The minimum absolute atomic E-state index is 0.0517. The van der Waals surface area contributed by atoms with Gasteiger partial charge in [0.1, 0.15) is 0 Å². The van der Waals surface area contributed by atoms with Gasteiger partial charge < -0.3 is 10.4 Å². The van der Waals surface area contributed by atoms with E-state index in [-0.39, 0.29) is 12.0 Å². The van der Waals surface area contributed by atoms with E-state index in [0.29, 0.717) is 5.92 Å². The van der Waals surface area contributed by atoms with Gasteiger partial charge >= 0.3 is 0 Å². The lowest BCUT2D eigenvalue weighted by Gasteiger charge is -2.25. The fourth-order valence-corrected chi connectivity index (χ4v) is 1.89. The minimum Gasteiger partial charge on any atom is -0.393 e. The fraction of sp³-hybridized carbons (Fsp3) is 0.900. The van der Waals surface area contributed by atoms with Gasteiger partial charge in [0.25, 0.3) is 0 Å². The van der Waals surface area contributed by atoms with Crippen LogP contribution < -0.4 is 5.32 Å². The number of aliphatic hydroxyl groups is 1. The first kappa shape index (κ1) is 10.5. The molecule has 1 aliphatic carbocycles. The Morgan fingerprint density at radius 1 is 1.38 bits per heavy atom. The van der Waals surface area contributed by atoms with Gasteiger partial charge in [-0.2, -0.15) is 0 Å². The smallest absolute Gasteiger partial charge is 0.216 e. The molecule has 3 heteroatoms. The zero-order valence-electron chi connectivity index (χ0n) is 8.25. The van der Waals surface area contributed by atoms with Crippen molar-refractivity contribution in [2.24, 2.45) is 5.92 Å². The van der Waals surface area contributed by atoms with Crippen molar-refractivity contribution < 1.29 is 9.90 Å². The Morgan fingerprint density at radius 2 is 2.00 bits per heavy atom. The van der Waals surface area contributed by atoms with Crippen LogP contribution in [0.4, 0.5) is 0 Å². The van der Waals surface area contributed by atoms with E-state index in [0.717, 1.165) is 38.6 Å². The average Bonchev–Trinajstić information content (AvgIpc) is 2.08. The van der Waals surface area contributed by atoms with Crippen molar-refractivity contribution in [3.8, 4) is 0 Å². The number of carbonyl (C=O) groups excluding carboxylic acids is 1. The number of carbonyl (C=O) groups is 1. The highest BCUT2D eigenvalue weighted by Crippen LogP contribution is 2.26. The van der Waals surface area contributed by atoms with E-state index >= 15 is 0 Å². The van der Waals surface area contributed by atoms with Crippen LogP contribution in [0.25, 0.3) is 0 Å². The number of hydrogen-bond acceptors (Lipinski definition) is 2. The molecular formula is C10H19NO2. The summed E-state index contributed by atoms with van der Waals surface area (Å²) in [6.45, 7) is 2.33. The predicted octanol–water partition coefficient (Wildman–Crippen LogP) is 1.06. The van der Waals surface area contributed by atoms with Crippen molar-refractivity contribution in [1.82, 2.24) is 5.32 Å². The first-order valence-corrected chi connectivity index (χ1v) is 5.11. The quantitative estimate of drug-likeness (QED) is 0.691. The summed E-state index contributed by atoms with van der Waals surface area (Å²) in [7, 11) is 0. The molecule has 3 nitrogen and oxygen atoms in total. The van der Waals surface area contributed by atoms with Crippen molar-refractivity contribution in [1.29, 1.82) is 0 Å². The maximum Gasteiger partial charge on any atom is 0.216 e. The summed E-state index contributed by atoms with van der Waals surface area (Å²) < 4.78 is 0. The first-order valence-electron chi connectivity index (χ1n) is 5.11. The van der Waals surface area contributed by atoms with Gasteiger partial charge in [-0.05, 0) is 38.0 Å². The van der Waals surface area contributed by atoms with Crippen LogP contribution in [0.5, 0.6) is 0 Å². The van der Waals surface area contributed by atoms with Gasteiger partial charge in [0, 0.05) is 13.5 Å². The van der Waals surface area contributed by atoms with Crippen LogP contribution in [0.2, 0.25) is 0 Å². The van der Waals surface area contributed by atoms with Gasteiger partial charge in [-0.3, -0.25) is 4.79 Å². The van der Waals surface area contributed by atoms with E-state index in [1.54, 1.807) is 6.92 Å². The summed E-state index contributed by atoms with van der Waals surface area (Å²) in [6, 6.07) is 0. The normalized spacial score (nSPS) is 28.5. The molecule has 0 atom stereocenters. The zero-order valence-corrected chi connectivity index (χ0v) is 8.25. The second-order valence-corrected chi connectivity index (χ2v) is 3.95. The summed E-state index contributed by atoms with van der Waals surface area (Å²) in [5.41, 5.74) is 0. The van der Waals surface area contributed by atoms with Crippen LogP contribution >= 0.6 is 0 Å². The summed E-state index contributed by atoms with van der Waals surface area (Å²) >= 11 is 0. The molecule has 2 N–H and O–H groups in total. The van der Waals surface area contributed by atoms with Crippen molar-refractivity contribution in [3.05, 3.63) is 0 Å². The molecule has 1 rings (SSSR count). The monoisotopic (exact) mass is 185 g/mol. The van der Waals surface area contributed by atoms with Crippen LogP contribution in [-0.4, -0.2) is 23.7 Å². The lowest BCUT2D eigenvalue weighted by Crippen LogP contribution is -2.25. The van der Waals surface area contributed by atoms with E-state index in [9.17, 15) is 9.90 Å². The third-order valence-electron chi connectivity index (χ3n) is 2.74. The lowest BCUT2D eigenvalue weighted by molar-refractivity contribution is -0.119. The molecule has 0 aromatic carbocycles. The Balaban J connectivity index is 2.05. The van der Waals surface area contributed by atoms with Gasteiger partial charge in [-0.1, -0.05) is 0 Å². The van der Waals surface area contributed by atoms with Gasteiger partial charge in [-0.25, -0.2) is 0 Å². The molecule has 1 amide bonds. The summed E-state index contributed by atoms with van der Waals surface area (Å²) in [5, 5.41) is 12.1. The SMILES string of the molecule is CC(=O)NCCC1CCC(O)CC1. The van der Waals surface area contributed by atoms with Crippen LogP contribution in [0.1, 0.15) is 39.0 Å². The first-order chi connectivity index (χ1) is 6.18. The van der Waals surface area contributed by atoms with Gasteiger partial charge in [0.05, 0.1) is 6.10 Å². The average molecular weight is 185 g/mol. The Labute approximate surface area is 79.5 Å².